The highest BCUT2D eigenvalue weighted by Gasteiger charge is 2.44. The predicted octanol–water partition coefficient (Wildman–Crippen LogP) is 4.06. The molecule has 0 bridgehead atoms. The van der Waals surface area contributed by atoms with Crippen molar-refractivity contribution in [1.29, 1.82) is 0 Å². The van der Waals surface area contributed by atoms with E-state index in [4.69, 9.17) is 4.74 Å². The molecule has 0 radical (unpaired) electrons. The summed E-state index contributed by atoms with van der Waals surface area (Å²) in [6.07, 6.45) is 9.40. The molecular formula is C25H38O5. The first-order chi connectivity index (χ1) is 14.5. The van der Waals surface area contributed by atoms with E-state index in [0.29, 0.717) is 17.8 Å². The molecular weight excluding hydrogens is 380 g/mol. The van der Waals surface area contributed by atoms with E-state index in [1.807, 2.05) is 12.1 Å². The van der Waals surface area contributed by atoms with Crippen LogP contribution in [0.2, 0.25) is 0 Å². The molecule has 2 aliphatic carbocycles. The maximum Gasteiger partial charge on any atom is 0.343 e. The molecule has 3 rings (SSSR count). The van der Waals surface area contributed by atoms with E-state index in [-0.39, 0.29) is 24.8 Å². The number of hydrogen-bond donors (Lipinski definition) is 2. The van der Waals surface area contributed by atoms with Crippen molar-refractivity contribution in [2.45, 2.75) is 83.3 Å². The summed E-state index contributed by atoms with van der Waals surface area (Å²) in [5.74, 6) is 1.64. The standard InChI is InChI=1S/C25H38O5/c1-3-4-5-9-19(26)10-7-11-20-21-13-17-8-6-12-24(30-16-25(28)29-2)22(17)14-18(21)15-23(20)27/h6,8,12,18-21,23,26-27H,3-5,7,9-11,13-16H2,1-2H3/t18-,19-,20?,21-,23+/m0/s1. The number of hydrogen-bond acceptors (Lipinski definition) is 5. The quantitative estimate of drug-likeness (QED) is 0.419. The fourth-order valence-corrected chi connectivity index (χ4v) is 5.50. The second kappa shape index (κ2) is 11.1. The highest BCUT2D eigenvalue weighted by atomic mass is 16.6. The van der Waals surface area contributed by atoms with Gasteiger partial charge in [0.1, 0.15) is 5.75 Å². The van der Waals surface area contributed by atoms with Crippen molar-refractivity contribution in [2.24, 2.45) is 17.8 Å². The summed E-state index contributed by atoms with van der Waals surface area (Å²) < 4.78 is 10.4. The normalized spacial score (nSPS) is 26.0. The van der Waals surface area contributed by atoms with Crippen LogP contribution < -0.4 is 4.74 Å². The Morgan fingerprint density at radius 2 is 2.00 bits per heavy atom. The van der Waals surface area contributed by atoms with Crippen LogP contribution in [0.25, 0.3) is 0 Å². The zero-order valence-electron chi connectivity index (χ0n) is 18.5. The third-order valence-electron chi connectivity index (χ3n) is 7.13. The SMILES string of the molecule is CCCCC[C@H](O)CCCC1[C@H](O)C[C@@H]2Cc3c(cccc3OCC(=O)OC)C[C@H]12. The van der Waals surface area contributed by atoms with Gasteiger partial charge in [-0.1, -0.05) is 44.7 Å². The van der Waals surface area contributed by atoms with Crippen LogP contribution in [-0.2, 0) is 22.4 Å². The summed E-state index contributed by atoms with van der Waals surface area (Å²) in [6, 6.07) is 6.06. The largest absolute Gasteiger partial charge is 0.482 e. The van der Waals surface area contributed by atoms with Gasteiger partial charge >= 0.3 is 5.97 Å². The van der Waals surface area contributed by atoms with Gasteiger partial charge in [-0.15, -0.1) is 0 Å². The molecule has 1 saturated carbocycles. The first-order valence-corrected chi connectivity index (χ1v) is 11.7. The van der Waals surface area contributed by atoms with E-state index in [1.54, 1.807) is 0 Å². The van der Waals surface area contributed by atoms with Gasteiger partial charge in [-0.05, 0) is 73.5 Å². The highest BCUT2D eigenvalue weighted by Crippen LogP contribution is 2.48. The lowest BCUT2D eigenvalue weighted by Gasteiger charge is -2.32. The van der Waals surface area contributed by atoms with Gasteiger partial charge in [0.25, 0.3) is 0 Å². The van der Waals surface area contributed by atoms with E-state index in [1.165, 1.54) is 31.1 Å². The number of methoxy groups -OCH3 is 1. The number of aliphatic hydroxyl groups is 2. The number of unbranched alkanes of at least 4 members (excludes halogenated alkanes) is 2. The Balaban J connectivity index is 1.57. The number of carbonyl (C=O) groups excluding carboxylic acids is 1. The summed E-state index contributed by atoms with van der Waals surface area (Å²) in [6.45, 7) is 2.10. The van der Waals surface area contributed by atoms with Gasteiger partial charge < -0.3 is 19.7 Å². The molecule has 5 nitrogen and oxygen atoms in total. The van der Waals surface area contributed by atoms with Gasteiger partial charge in [-0.25, -0.2) is 4.79 Å². The minimum atomic E-state index is -0.380. The highest BCUT2D eigenvalue weighted by molar-refractivity contribution is 5.71. The fourth-order valence-electron chi connectivity index (χ4n) is 5.50. The molecule has 0 amide bonds. The number of aliphatic hydroxyl groups excluding tert-OH is 2. The first kappa shape index (κ1) is 23.1. The van der Waals surface area contributed by atoms with Crippen LogP contribution in [0.3, 0.4) is 0 Å². The Morgan fingerprint density at radius 3 is 2.77 bits per heavy atom. The van der Waals surface area contributed by atoms with Crippen molar-refractivity contribution < 1.29 is 24.5 Å². The Hall–Kier alpha value is -1.59. The molecule has 1 fully saturated rings. The third-order valence-corrected chi connectivity index (χ3v) is 7.13. The molecule has 30 heavy (non-hydrogen) atoms. The van der Waals surface area contributed by atoms with Crippen LogP contribution in [0.1, 0.15) is 69.4 Å². The van der Waals surface area contributed by atoms with Gasteiger partial charge in [-0.3, -0.25) is 0 Å². The second-order valence-electron chi connectivity index (χ2n) is 9.14. The number of fused-ring (bicyclic) bond motifs is 2. The number of rotatable bonds is 11. The van der Waals surface area contributed by atoms with E-state index >= 15 is 0 Å². The average molecular weight is 419 g/mol. The number of carbonyl (C=O) groups is 1. The van der Waals surface area contributed by atoms with E-state index in [2.05, 4.69) is 17.7 Å². The number of esters is 1. The molecule has 0 spiro atoms. The van der Waals surface area contributed by atoms with Crippen molar-refractivity contribution in [1.82, 2.24) is 0 Å². The summed E-state index contributed by atoms with van der Waals surface area (Å²) in [5, 5.41) is 21.0. The van der Waals surface area contributed by atoms with Gasteiger partial charge in [-0.2, -0.15) is 0 Å². The molecule has 1 aromatic rings. The van der Waals surface area contributed by atoms with Crippen LogP contribution in [0.5, 0.6) is 5.75 Å². The van der Waals surface area contributed by atoms with Crippen LogP contribution in [0, 0.1) is 17.8 Å². The number of ether oxygens (including phenoxy) is 2. The topological polar surface area (TPSA) is 76.0 Å². The molecule has 0 aliphatic heterocycles. The molecule has 168 valence electrons. The van der Waals surface area contributed by atoms with Crippen LogP contribution in [0.15, 0.2) is 18.2 Å². The van der Waals surface area contributed by atoms with Gasteiger partial charge in [0.2, 0.25) is 0 Å². The van der Waals surface area contributed by atoms with Crippen molar-refractivity contribution in [2.75, 3.05) is 13.7 Å². The van der Waals surface area contributed by atoms with E-state index < -0.39 is 0 Å². The average Bonchev–Trinajstić information content (AvgIpc) is 3.04. The second-order valence-corrected chi connectivity index (χ2v) is 9.14. The molecule has 1 unspecified atom stereocenters. The van der Waals surface area contributed by atoms with Crippen molar-refractivity contribution in [3.63, 3.8) is 0 Å². The molecule has 5 atom stereocenters. The third kappa shape index (κ3) is 5.76. The van der Waals surface area contributed by atoms with Gasteiger partial charge in [0.05, 0.1) is 19.3 Å². The van der Waals surface area contributed by atoms with Gasteiger partial charge in [0.15, 0.2) is 6.61 Å². The molecule has 0 heterocycles. The lowest BCUT2D eigenvalue weighted by molar-refractivity contribution is -0.142. The molecule has 5 heteroatoms. The molecule has 0 aromatic heterocycles. The Morgan fingerprint density at radius 1 is 1.20 bits per heavy atom. The first-order valence-electron chi connectivity index (χ1n) is 11.7. The summed E-state index contributed by atoms with van der Waals surface area (Å²) in [5.41, 5.74) is 2.46. The zero-order chi connectivity index (χ0) is 21.5. The van der Waals surface area contributed by atoms with E-state index in [9.17, 15) is 15.0 Å². The maximum atomic E-state index is 11.4. The van der Waals surface area contributed by atoms with Crippen LogP contribution in [0.4, 0.5) is 0 Å². The zero-order valence-corrected chi connectivity index (χ0v) is 18.5. The fraction of sp³-hybridized carbons (Fsp3) is 0.720. The smallest absolute Gasteiger partial charge is 0.343 e. The molecule has 0 saturated heterocycles. The lowest BCUT2D eigenvalue weighted by atomic mass is 9.73. The van der Waals surface area contributed by atoms with E-state index in [0.717, 1.165) is 57.1 Å². The summed E-state index contributed by atoms with van der Waals surface area (Å²) in [4.78, 5) is 11.4. The van der Waals surface area contributed by atoms with Crippen molar-refractivity contribution in [3.05, 3.63) is 29.3 Å². The van der Waals surface area contributed by atoms with Crippen molar-refractivity contribution >= 4 is 5.97 Å². The molecule has 1 aromatic carbocycles. The lowest BCUT2D eigenvalue weighted by Crippen LogP contribution is -2.27. The minimum absolute atomic E-state index is 0.0765. The number of benzene rings is 1. The summed E-state index contributed by atoms with van der Waals surface area (Å²) >= 11 is 0. The van der Waals surface area contributed by atoms with Gasteiger partial charge in [0, 0.05) is 0 Å². The van der Waals surface area contributed by atoms with Crippen LogP contribution >= 0.6 is 0 Å². The Labute approximate surface area is 180 Å². The summed E-state index contributed by atoms with van der Waals surface area (Å²) in [7, 11) is 1.36. The van der Waals surface area contributed by atoms with Crippen LogP contribution in [-0.4, -0.2) is 42.1 Å². The molecule has 2 aliphatic rings. The monoisotopic (exact) mass is 418 g/mol. The Kier molecular flexibility index (Phi) is 8.58. The maximum absolute atomic E-state index is 11.4. The molecule has 2 N–H and O–H groups in total. The minimum Gasteiger partial charge on any atom is -0.482 e. The Bertz CT molecular complexity index is 688. The predicted molar refractivity (Wildman–Crippen MR) is 116 cm³/mol. The van der Waals surface area contributed by atoms with Crippen molar-refractivity contribution in [3.8, 4) is 5.75 Å².